The van der Waals surface area contributed by atoms with E-state index in [1.165, 1.54) is 6.07 Å². The molecule has 16 heavy (non-hydrogen) atoms. The number of carbonyl (C=O) groups is 1. The van der Waals surface area contributed by atoms with Crippen molar-refractivity contribution < 1.29 is 23.8 Å². The van der Waals surface area contributed by atoms with E-state index in [2.05, 4.69) is 5.32 Å². The minimum atomic E-state index is -3.04. The zero-order valence-corrected chi connectivity index (χ0v) is 8.50. The number of carboxylic acid groups (broad SMARTS) is 1. The monoisotopic (exact) mass is 231 g/mol. The Morgan fingerprint density at radius 2 is 2.12 bits per heavy atom. The third-order valence-electron chi connectivity index (χ3n) is 1.93. The summed E-state index contributed by atoms with van der Waals surface area (Å²) in [5.74, 6) is -4.55. The molecule has 1 rings (SSSR count). The van der Waals surface area contributed by atoms with Crippen molar-refractivity contribution in [1.82, 2.24) is 0 Å². The predicted octanol–water partition coefficient (Wildman–Crippen LogP) is 2.00. The smallest absolute Gasteiger partial charge is 0.322 e. The first-order valence-corrected chi connectivity index (χ1v) is 4.47. The van der Waals surface area contributed by atoms with Crippen LogP contribution >= 0.6 is 0 Å². The number of benzene rings is 1. The maximum atomic E-state index is 12.9. The van der Waals surface area contributed by atoms with Crippen LogP contribution in [-0.4, -0.2) is 22.7 Å². The van der Waals surface area contributed by atoms with Crippen LogP contribution in [0.15, 0.2) is 18.2 Å². The number of hydrogen-bond acceptors (Lipinski definition) is 3. The van der Waals surface area contributed by atoms with Gasteiger partial charge < -0.3 is 15.5 Å². The van der Waals surface area contributed by atoms with Crippen molar-refractivity contribution in [2.24, 2.45) is 0 Å². The summed E-state index contributed by atoms with van der Waals surface area (Å²) in [6, 6.07) is 3.25. The molecule has 0 heterocycles. The summed E-state index contributed by atoms with van der Waals surface area (Å²) in [6.45, 7) is 0.321. The molecule has 88 valence electrons. The molecule has 0 bridgehead atoms. The molecule has 0 fully saturated rings. The molecule has 0 saturated heterocycles. The summed E-state index contributed by atoms with van der Waals surface area (Å²) in [7, 11) is 0. The standard InChI is InChI=1S/C10H11F2NO3/c1-10(11,12)6-2-3-7(8(14)4-6)13-5-9(15)16/h2-4,13-14H,5H2,1H3,(H,15,16). The molecule has 0 aliphatic carbocycles. The zero-order valence-electron chi connectivity index (χ0n) is 8.50. The number of alkyl halides is 2. The summed E-state index contributed by atoms with van der Waals surface area (Å²) in [4.78, 5) is 10.2. The second-order valence-corrected chi connectivity index (χ2v) is 3.37. The molecule has 1 aromatic carbocycles. The van der Waals surface area contributed by atoms with Gasteiger partial charge in [-0.2, -0.15) is 0 Å². The quantitative estimate of drug-likeness (QED) is 0.693. The Kier molecular flexibility index (Phi) is 3.31. The number of anilines is 1. The Morgan fingerprint density at radius 1 is 1.50 bits per heavy atom. The van der Waals surface area contributed by atoms with Gasteiger partial charge in [-0.15, -0.1) is 0 Å². The molecule has 0 saturated carbocycles. The molecule has 1 aromatic rings. The SMILES string of the molecule is CC(F)(F)c1ccc(NCC(=O)O)c(O)c1. The van der Waals surface area contributed by atoms with Gasteiger partial charge in [0.25, 0.3) is 5.92 Å². The number of carboxylic acids is 1. The highest BCUT2D eigenvalue weighted by Crippen LogP contribution is 2.32. The number of nitrogens with one attached hydrogen (secondary N) is 1. The van der Waals surface area contributed by atoms with Crippen LogP contribution in [0.25, 0.3) is 0 Å². The number of aliphatic carboxylic acids is 1. The van der Waals surface area contributed by atoms with Crippen molar-refractivity contribution in [2.75, 3.05) is 11.9 Å². The van der Waals surface area contributed by atoms with Gasteiger partial charge in [0.05, 0.1) is 5.69 Å². The van der Waals surface area contributed by atoms with Crippen molar-refractivity contribution in [3.05, 3.63) is 23.8 Å². The highest BCUT2D eigenvalue weighted by Gasteiger charge is 2.25. The van der Waals surface area contributed by atoms with E-state index < -0.39 is 24.2 Å². The third-order valence-corrected chi connectivity index (χ3v) is 1.93. The van der Waals surface area contributed by atoms with E-state index in [9.17, 15) is 18.7 Å². The number of phenols is 1. The third kappa shape index (κ3) is 3.08. The number of aromatic hydroxyl groups is 1. The minimum absolute atomic E-state index is 0.107. The molecular weight excluding hydrogens is 220 g/mol. The summed E-state index contributed by atoms with van der Waals surface area (Å²) in [6.07, 6.45) is 0. The second kappa shape index (κ2) is 4.34. The van der Waals surface area contributed by atoms with Crippen LogP contribution in [0, 0.1) is 0 Å². The van der Waals surface area contributed by atoms with Gasteiger partial charge in [-0.3, -0.25) is 4.79 Å². The van der Waals surface area contributed by atoms with Crippen LogP contribution in [0.5, 0.6) is 5.75 Å². The maximum Gasteiger partial charge on any atom is 0.322 e. The highest BCUT2D eigenvalue weighted by atomic mass is 19.3. The molecule has 3 N–H and O–H groups in total. The summed E-state index contributed by atoms with van der Waals surface area (Å²) in [5.41, 5.74) is -0.221. The van der Waals surface area contributed by atoms with Gasteiger partial charge in [-0.05, 0) is 12.1 Å². The summed E-state index contributed by atoms with van der Waals surface area (Å²) < 4.78 is 25.7. The first-order valence-electron chi connectivity index (χ1n) is 4.47. The summed E-state index contributed by atoms with van der Waals surface area (Å²) >= 11 is 0. The zero-order chi connectivity index (χ0) is 12.3. The van der Waals surface area contributed by atoms with Crippen molar-refractivity contribution in [2.45, 2.75) is 12.8 Å². The lowest BCUT2D eigenvalue weighted by atomic mass is 10.1. The molecule has 0 spiro atoms. The minimum Gasteiger partial charge on any atom is -0.506 e. The maximum absolute atomic E-state index is 12.9. The average Bonchev–Trinajstić information content (AvgIpc) is 2.14. The number of rotatable bonds is 4. The Morgan fingerprint density at radius 3 is 2.56 bits per heavy atom. The molecule has 4 nitrogen and oxygen atoms in total. The fraction of sp³-hybridized carbons (Fsp3) is 0.300. The molecule has 0 aromatic heterocycles. The topological polar surface area (TPSA) is 69.6 Å². The van der Waals surface area contributed by atoms with Crippen molar-refractivity contribution >= 4 is 11.7 Å². The molecule has 6 heteroatoms. The van der Waals surface area contributed by atoms with E-state index in [4.69, 9.17) is 5.11 Å². The number of halogens is 2. The van der Waals surface area contributed by atoms with E-state index in [-0.39, 0.29) is 11.3 Å². The fourth-order valence-corrected chi connectivity index (χ4v) is 1.13. The molecule has 0 amide bonds. The van der Waals surface area contributed by atoms with Crippen LogP contribution in [0.2, 0.25) is 0 Å². The van der Waals surface area contributed by atoms with Gasteiger partial charge >= 0.3 is 5.97 Å². The van der Waals surface area contributed by atoms with Crippen LogP contribution in [0.4, 0.5) is 14.5 Å². The van der Waals surface area contributed by atoms with Crippen molar-refractivity contribution in [3.63, 3.8) is 0 Å². The van der Waals surface area contributed by atoms with Crippen molar-refractivity contribution in [1.29, 1.82) is 0 Å². The molecule has 0 atom stereocenters. The predicted molar refractivity (Wildman–Crippen MR) is 53.8 cm³/mol. The highest BCUT2D eigenvalue weighted by molar-refractivity contribution is 5.74. The van der Waals surface area contributed by atoms with Crippen molar-refractivity contribution in [3.8, 4) is 5.75 Å². The molecule has 0 aliphatic rings. The first-order chi connectivity index (χ1) is 7.30. The second-order valence-electron chi connectivity index (χ2n) is 3.37. The van der Waals surface area contributed by atoms with Gasteiger partial charge in [0.1, 0.15) is 12.3 Å². The molecule has 0 radical (unpaired) electrons. The Hall–Kier alpha value is -1.85. The van der Waals surface area contributed by atoms with E-state index in [0.29, 0.717) is 6.92 Å². The Bertz CT molecular complexity index is 402. The number of hydrogen-bond donors (Lipinski definition) is 3. The molecule has 0 aliphatic heterocycles. The van der Waals surface area contributed by atoms with E-state index in [1.54, 1.807) is 0 Å². The van der Waals surface area contributed by atoms with Gasteiger partial charge in [-0.1, -0.05) is 6.07 Å². The van der Waals surface area contributed by atoms with Gasteiger partial charge in [0, 0.05) is 12.5 Å². The van der Waals surface area contributed by atoms with Crippen LogP contribution in [0.1, 0.15) is 12.5 Å². The van der Waals surface area contributed by atoms with E-state index in [0.717, 1.165) is 12.1 Å². The fourth-order valence-electron chi connectivity index (χ4n) is 1.13. The lowest BCUT2D eigenvalue weighted by Crippen LogP contribution is -2.13. The van der Waals surface area contributed by atoms with Gasteiger partial charge in [0.2, 0.25) is 0 Å². The summed E-state index contributed by atoms with van der Waals surface area (Å²) in [5, 5.41) is 20.2. The van der Waals surface area contributed by atoms with Crippen LogP contribution < -0.4 is 5.32 Å². The normalized spacial score (nSPS) is 11.2. The molecular formula is C10H11F2NO3. The van der Waals surface area contributed by atoms with E-state index in [1.807, 2.05) is 0 Å². The first kappa shape index (κ1) is 12.2. The Labute approximate surface area is 90.5 Å². The Balaban J connectivity index is 2.88. The lowest BCUT2D eigenvalue weighted by Gasteiger charge is -2.13. The van der Waals surface area contributed by atoms with E-state index >= 15 is 0 Å². The average molecular weight is 231 g/mol. The molecule has 0 unspecified atom stereocenters. The number of phenolic OH excluding ortho intramolecular Hbond substituents is 1. The van der Waals surface area contributed by atoms with Gasteiger partial charge in [0.15, 0.2) is 0 Å². The lowest BCUT2D eigenvalue weighted by molar-refractivity contribution is -0.134. The van der Waals surface area contributed by atoms with Crippen LogP contribution in [-0.2, 0) is 10.7 Å². The van der Waals surface area contributed by atoms with Gasteiger partial charge in [-0.25, -0.2) is 8.78 Å². The largest absolute Gasteiger partial charge is 0.506 e. The van der Waals surface area contributed by atoms with Crippen LogP contribution in [0.3, 0.4) is 0 Å².